The van der Waals surface area contributed by atoms with Crippen molar-refractivity contribution < 1.29 is 19.4 Å². The molecule has 3 aromatic rings. The third kappa shape index (κ3) is 2.43. The van der Waals surface area contributed by atoms with E-state index in [0.717, 1.165) is 5.56 Å². The van der Waals surface area contributed by atoms with Crippen molar-refractivity contribution in [2.24, 2.45) is 0 Å². The second kappa shape index (κ2) is 5.59. The molecule has 2 aromatic carbocycles. The summed E-state index contributed by atoms with van der Waals surface area (Å²) in [5.74, 6) is -2.08. The van der Waals surface area contributed by atoms with Crippen LogP contribution < -0.4 is 0 Å². The largest absolute Gasteiger partial charge is 0.507 e. The van der Waals surface area contributed by atoms with E-state index in [1.54, 1.807) is 12.1 Å². The molecular formula is C17H13ClFNO3. The van der Waals surface area contributed by atoms with E-state index in [2.05, 4.69) is 4.98 Å². The third-order valence-corrected chi connectivity index (χ3v) is 4.13. The molecule has 0 saturated carbocycles. The number of nitrogens with one attached hydrogen (secondary N) is 1. The maximum atomic E-state index is 14.2. The number of H-pyrrole nitrogens is 1. The number of halogens is 2. The number of hydrogen-bond acceptors (Lipinski definition) is 2. The molecule has 0 fully saturated rings. The van der Waals surface area contributed by atoms with E-state index < -0.39 is 11.8 Å². The molecule has 0 unspecified atom stereocenters. The van der Waals surface area contributed by atoms with Crippen molar-refractivity contribution in [3.63, 3.8) is 0 Å². The van der Waals surface area contributed by atoms with Crippen LogP contribution in [-0.2, 0) is 6.42 Å². The summed E-state index contributed by atoms with van der Waals surface area (Å²) >= 11 is 5.82. The highest BCUT2D eigenvalue weighted by Crippen LogP contribution is 2.35. The lowest BCUT2D eigenvalue weighted by Gasteiger charge is -2.05. The van der Waals surface area contributed by atoms with Gasteiger partial charge in [0, 0.05) is 16.6 Å². The molecule has 1 heterocycles. The highest BCUT2D eigenvalue weighted by atomic mass is 35.5. The lowest BCUT2D eigenvalue weighted by atomic mass is 10.0. The summed E-state index contributed by atoms with van der Waals surface area (Å²) in [5.41, 5.74) is 2.20. The Balaban J connectivity index is 2.26. The van der Waals surface area contributed by atoms with Crippen LogP contribution in [0.4, 0.5) is 4.39 Å². The maximum Gasteiger partial charge on any atom is 0.339 e. The summed E-state index contributed by atoms with van der Waals surface area (Å²) in [4.78, 5) is 14.0. The van der Waals surface area contributed by atoms with Crippen LogP contribution >= 0.6 is 11.6 Å². The van der Waals surface area contributed by atoms with Gasteiger partial charge in [0.05, 0.1) is 10.5 Å². The van der Waals surface area contributed by atoms with Gasteiger partial charge in [0.1, 0.15) is 11.3 Å². The first-order chi connectivity index (χ1) is 10.9. The number of fused-ring (bicyclic) bond motifs is 1. The number of benzene rings is 2. The van der Waals surface area contributed by atoms with Crippen molar-refractivity contribution in [3.05, 3.63) is 52.3 Å². The van der Waals surface area contributed by atoms with Crippen molar-refractivity contribution in [2.45, 2.75) is 13.3 Å². The summed E-state index contributed by atoms with van der Waals surface area (Å²) in [7, 11) is 0. The zero-order chi connectivity index (χ0) is 16.7. The zero-order valence-corrected chi connectivity index (χ0v) is 12.9. The number of aromatic nitrogens is 1. The van der Waals surface area contributed by atoms with Gasteiger partial charge in [-0.05, 0) is 30.2 Å². The molecule has 0 amide bonds. The molecule has 0 saturated heterocycles. The van der Waals surface area contributed by atoms with E-state index in [4.69, 9.17) is 16.7 Å². The van der Waals surface area contributed by atoms with Gasteiger partial charge in [-0.3, -0.25) is 0 Å². The minimum Gasteiger partial charge on any atom is -0.507 e. The quantitative estimate of drug-likeness (QED) is 0.656. The van der Waals surface area contributed by atoms with Crippen LogP contribution in [0.3, 0.4) is 0 Å². The van der Waals surface area contributed by atoms with Crippen LogP contribution in [0, 0.1) is 5.82 Å². The van der Waals surface area contributed by atoms with E-state index in [1.165, 1.54) is 18.2 Å². The van der Waals surface area contributed by atoms with E-state index in [0.29, 0.717) is 28.6 Å². The number of carboxylic acids is 1. The third-order valence-electron chi connectivity index (χ3n) is 3.84. The van der Waals surface area contributed by atoms with Crippen LogP contribution in [0.15, 0.2) is 30.3 Å². The Morgan fingerprint density at radius 2 is 2.04 bits per heavy atom. The van der Waals surface area contributed by atoms with E-state index in [1.807, 2.05) is 6.92 Å². The van der Waals surface area contributed by atoms with Gasteiger partial charge in [0.15, 0.2) is 5.82 Å². The van der Waals surface area contributed by atoms with Gasteiger partial charge in [0.25, 0.3) is 0 Å². The molecule has 118 valence electrons. The predicted molar refractivity (Wildman–Crippen MR) is 86.7 cm³/mol. The first-order valence-corrected chi connectivity index (χ1v) is 7.37. The molecular weight excluding hydrogens is 321 g/mol. The summed E-state index contributed by atoms with van der Waals surface area (Å²) in [5, 5.41) is 19.6. The van der Waals surface area contributed by atoms with Crippen molar-refractivity contribution in [1.82, 2.24) is 4.98 Å². The minimum absolute atomic E-state index is 0.0250. The predicted octanol–water partition coefficient (Wildman–Crippen LogP) is 4.59. The van der Waals surface area contributed by atoms with Crippen molar-refractivity contribution in [1.29, 1.82) is 0 Å². The zero-order valence-electron chi connectivity index (χ0n) is 12.2. The highest BCUT2D eigenvalue weighted by molar-refractivity contribution is 6.31. The standard InChI is InChI=1S/C17H13ClFNO3/c1-2-9-10-5-6-12(18)14(19)16(10)20-15(9)8-3-4-11(17(22)23)13(21)7-8/h3-7,20-21H,2H2,1H3,(H,22,23). The Kier molecular flexibility index (Phi) is 3.74. The molecule has 3 N–H and O–H groups in total. The van der Waals surface area contributed by atoms with Gasteiger partial charge < -0.3 is 15.2 Å². The van der Waals surface area contributed by atoms with Gasteiger partial charge in [-0.15, -0.1) is 0 Å². The fraction of sp³-hybridized carbons (Fsp3) is 0.118. The van der Waals surface area contributed by atoms with E-state index in [-0.39, 0.29) is 16.3 Å². The normalized spacial score (nSPS) is 11.1. The monoisotopic (exact) mass is 333 g/mol. The number of aromatic hydroxyl groups is 1. The number of carbonyl (C=O) groups is 1. The maximum absolute atomic E-state index is 14.2. The van der Waals surface area contributed by atoms with Crippen LogP contribution in [0.1, 0.15) is 22.8 Å². The summed E-state index contributed by atoms with van der Waals surface area (Å²) in [6.45, 7) is 1.93. The highest BCUT2D eigenvalue weighted by Gasteiger charge is 2.18. The van der Waals surface area contributed by atoms with Gasteiger partial charge in [0.2, 0.25) is 0 Å². The summed E-state index contributed by atoms with van der Waals surface area (Å²) in [6.07, 6.45) is 0.637. The molecule has 0 spiro atoms. The minimum atomic E-state index is -1.21. The molecule has 3 rings (SSSR count). The SMILES string of the molecule is CCc1c(-c2ccc(C(=O)O)c(O)c2)[nH]c2c(F)c(Cl)ccc12. The van der Waals surface area contributed by atoms with Crippen LogP contribution in [0.5, 0.6) is 5.75 Å². The number of carboxylic acid groups (broad SMARTS) is 1. The van der Waals surface area contributed by atoms with Gasteiger partial charge in [-0.2, -0.15) is 0 Å². The number of rotatable bonds is 3. The first kappa shape index (κ1) is 15.4. The molecule has 4 nitrogen and oxygen atoms in total. The van der Waals surface area contributed by atoms with Crippen LogP contribution in [0.25, 0.3) is 22.2 Å². The second-order valence-corrected chi connectivity index (χ2v) is 5.56. The molecule has 0 bridgehead atoms. The number of aromatic amines is 1. The van der Waals surface area contributed by atoms with Crippen molar-refractivity contribution in [3.8, 4) is 17.0 Å². The first-order valence-electron chi connectivity index (χ1n) is 6.99. The Bertz CT molecular complexity index is 933. The van der Waals surface area contributed by atoms with Crippen molar-refractivity contribution in [2.75, 3.05) is 0 Å². The fourth-order valence-corrected chi connectivity index (χ4v) is 2.90. The van der Waals surface area contributed by atoms with Gasteiger partial charge in [-0.1, -0.05) is 30.7 Å². The Morgan fingerprint density at radius 1 is 1.30 bits per heavy atom. The molecule has 0 aliphatic heterocycles. The van der Waals surface area contributed by atoms with Gasteiger partial charge in [-0.25, -0.2) is 9.18 Å². The molecule has 23 heavy (non-hydrogen) atoms. The lowest BCUT2D eigenvalue weighted by Crippen LogP contribution is -1.96. The summed E-state index contributed by atoms with van der Waals surface area (Å²) in [6, 6.07) is 7.49. The Labute approximate surface area is 136 Å². The van der Waals surface area contributed by atoms with E-state index >= 15 is 0 Å². The van der Waals surface area contributed by atoms with Crippen molar-refractivity contribution >= 4 is 28.5 Å². The Morgan fingerprint density at radius 3 is 2.65 bits per heavy atom. The van der Waals surface area contributed by atoms with Crippen LogP contribution in [0.2, 0.25) is 5.02 Å². The van der Waals surface area contributed by atoms with Gasteiger partial charge >= 0.3 is 5.97 Å². The van der Waals surface area contributed by atoms with Crippen LogP contribution in [-0.4, -0.2) is 21.2 Å². The molecule has 0 radical (unpaired) electrons. The second-order valence-electron chi connectivity index (χ2n) is 5.15. The lowest BCUT2D eigenvalue weighted by molar-refractivity contribution is 0.0694. The molecule has 1 aromatic heterocycles. The summed E-state index contributed by atoms with van der Waals surface area (Å²) < 4.78 is 14.2. The Hall–Kier alpha value is -2.53. The number of phenols is 1. The van der Waals surface area contributed by atoms with E-state index in [9.17, 15) is 14.3 Å². The topological polar surface area (TPSA) is 73.3 Å². The molecule has 0 aliphatic carbocycles. The number of aromatic carboxylic acids is 1. The average molecular weight is 334 g/mol. The molecule has 6 heteroatoms. The fourth-order valence-electron chi connectivity index (χ4n) is 2.74. The number of aryl methyl sites for hydroxylation is 1. The number of hydrogen-bond donors (Lipinski definition) is 3. The average Bonchev–Trinajstić information content (AvgIpc) is 2.89. The molecule has 0 aliphatic rings. The smallest absolute Gasteiger partial charge is 0.339 e. The molecule has 0 atom stereocenters.